The zero-order valence-corrected chi connectivity index (χ0v) is 14.9. The third-order valence-electron chi connectivity index (χ3n) is 2.50. The average molecular weight is 356 g/mol. The second kappa shape index (κ2) is 11.2. The first kappa shape index (κ1) is 21.6. The van der Waals surface area contributed by atoms with Crippen LogP contribution in [0.3, 0.4) is 0 Å². The van der Waals surface area contributed by atoms with E-state index in [1.807, 2.05) is 0 Å². The Hall–Kier alpha value is -0.420. The Bertz CT molecular complexity index is 442. The fourth-order valence-electron chi connectivity index (χ4n) is 1.48. The highest BCUT2D eigenvalue weighted by molar-refractivity contribution is 7.61. The molecule has 2 N–H and O–H groups in total. The van der Waals surface area contributed by atoms with Crippen LogP contribution in [0, 0.1) is 0 Å². The lowest BCUT2D eigenvalue weighted by Crippen LogP contribution is -1.98. The van der Waals surface area contributed by atoms with Crippen molar-refractivity contribution in [3.8, 4) is 0 Å². The molecule has 0 aromatic heterocycles. The van der Waals surface area contributed by atoms with Crippen LogP contribution in [0.2, 0.25) is 0 Å². The van der Waals surface area contributed by atoms with Crippen molar-refractivity contribution < 1.29 is 32.3 Å². The van der Waals surface area contributed by atoms with E-state index in [1.165, 1.54) is 6.08 Å². The molecule has 0 aliphatic carbocycles. The lowest BCUT2D eigenvalue weighted by atomic mass is 10.1. The molecule has 0 radical (unpaired) electrons. The summed E-state index contributed by atoms with van der Waals surface area (Å²) in [6.07, 6.45) is 8.29. The van der Waals surface area contributed by atoms with Gasteiger partial charge in [-0.05, 0) is 19.4 Å². The number of hydrogen-bond acceptors (Lipinski definition) is 5. The minimum absolute atomic E-state index is 0.0321. The molecule has 0 heterocycles. The first-order valence-corrected chi connectivity index (χ1v) is 10.2. The molecule has 7 nitrogen and oxygen atoms in total. The van der Waals surface area contributed by atoms with E-state index in [-0.39, 0.29) is 6.61 Å². The van der Waals surface area contributed by atoms with Crippen molar-refractivity contribution >= 4 is 15.6 Å². The highest BCUT2D eigenvalue weighted by Gasteiger charge is 2.36. The Morgan fingerprint density at radius 1 is 1.14 bits per heavy atom. The Balaban J connectivity index is 4.33. The van der Waals surface area contributed by atoms with Gasteiger partial charge in [0.15, 0.2) is 0 Å². The molecule has 0 fully saturated rings. The number of unbranched alkanes of at least 4 members (excludes halogenated alkanes) is 5. The number of hydrogen-bond donors (Lipinski definition) is 2. The molecule has 0 spiro atoms. The average Bonchev–Trinajstić information content (AvgIpc) is 2.35. The Kier molecular flexibility index (Phi) is 11.0. The molecular formula is C13H26O7P2. The zero-order chi connectivity index (χ0) is 17.1. The van der Waals surface area contributed by atoms with Gasteiger partial charge in [-0.25, -0.2) is 9.13 Å². The fraction of sp³-hybridized carbons (Fsp3) is 0.692. The molecule has 0 amide bonds. The molecule has 9 heteroatoms. The van der Waals surface area contributed by atoms with Crippen molar-refractivity contribution in [2.24, 2.45) is 0 Å². The van der Waals surface area contributed by atoms with Gasteiger partial charge in [-0.15, -0.1) is 0 Å². The minimum Gasteiger partial charge on any atom is -0.412 e. The van der Waals surface area contributed by atoms with Crippen LogP contribution < -0.4 is 0 Å². The lowest BCUT2D eigenvalue weighted by molar-refractivity contribution is 0.168. The van der Waals surface area contributed by atoms with Gasteiger partial charge in [0.05, 0.1) is 12.9 Å². The van der Waals surface area contributed by atoms with Crippen molar-refractivity contribution in [2.75, 3.05) is 6.61 Å². The molecule has 1 atom stereocenters. The van der Waals surface area contributed by atoms with E-state index in [9.17, 15) is 9.13 Å². The van der Waals surface area contributed by atoms with Gasteiger partial charge in [0.25, 0.3) is 0 Å². The van der Waals surface area contributed by atoms with E-state index in [4.69, 9.17) is 18.8 Å². The third-order valence-corrected chi connectivity index (χ3v) is 5.03. The summed E-state index contributed by atoms with van der Waals surface area (Å²) in [6.45, 7) is 7.39. The maximum Gasteiger partial charge on any atom is 0.538 e. The molecule has 0 aromatic carbocycles. The van der Waals surface area contributed by atoms with Gasteiger partial charge in [0, 0.05) is 0 Å². The van der Waals surface area contributed by atoms with Crippen molar-refractivity contribution in [1.82, 2.24) is 0 Å². The molecule has 0 rings (SSSR count). The molecule has 0 saturated heterocycles. The summed E-state index contributed by atoms with van der Waals surface area (Å²) in [4.78, 5) is 17.6. The van der Waals surface area contributed by atoms with E-state index in [0.717, 1.165) is 38.4 Å². The number of phosphoric acid groups is 2. The summed E-state index contributed by atoms with van der Waals surface area (Å²) in [7, 11) is -9.34. The van der Waals surface area contributed by atoms with Crippen molar-refractivity contribution in [3.63, 3.8) is 0 Å². The van der Waals surface area contributed by atoms with E-state index < -0.39 is 15.6 Å². The maximum absolute atomic E-state index is 12.1. The smallest absolute Gasteiger partial charge is 0.412 e. The monoisotopic (exact) mass is 356 g/mol. The van der Waals surface area contributed by atoms with E-state index in [0.29, 0.717) is 12.0 Å². The quantitative estimate of drug-likeness (QED) is 0.214. The van der Waals surface area contributed by atoms with Gasteiger partial charge in [0.1, 0.15) is 0 Å². The predicted octanol–water partition coefficient (Wildman–Crippen LogP) is 4.69. The summed E-state index contributed by atoms with van der Waals surface area (Å²) in [5, 5.41) is 0. The molecule has 0 aliphatic rings. The number of allylic oxidation sites excluding steroid dienone is 2. The summed E-state index contributed by atoms with van der Waals surface area (Å²) in [6, 6.07) is 0. The zero-order valence-electron chi connectivity index (χ0n) is 13.1. The van der Waals surface area contributed by atoms with Gasteiger partial charge in [-0.1, -0.05) is 51.2 Å². The van der Waals surface area contributed by atoms with Crippen LogP contribution in [0.15, 0.2) is 24.5 Å². The van der Waals surface area contributed by atoms with Crippen molar-refractivity contribution in [2.45, 2.75) is 52.4 Å². The fourth-order valence-corrected chi connectivity index (χ4v) is 3.49. The summed E-state index contributed by atoms with van der Waals surface area (Å²) >= 11 is 0. The SMILES string of the molecule is C=C(C)C=COP(=O)(OCCCCCCCC)OP(=O)(O)O. The van der Waals surface area contributed by atoms with Gasteiger partial charge in [-0.3, -0.25) is 4.52 Å². The van der Waals surface area contributed by atoms with Crippen LogP contribution in [0.1, 0.15) is 52.4 Å². The van der Waals surface area contributed by atoms with Crippen LogP contribution in [0.5, 0.6) is 0 Å². The van der Waals surface area contributed by atoms with Crippen LogP contribution >= 0.6 is 15.6 Å². The molecular weight excluding hydrogens is 330 g/mol. The van der Waals surface area contributed by atoms with Crippen LogP contribution in [0.25, 0.3) is 0 Å². The standard InChI is InChI=1S/C13H26O7P2/c1-4-5-6-7-8-9-11-18-22(17,20-21(14,15)16)19-12-10-13(2)3/h10,12H,2,4-9,11H2,1,3H3,(H2,14,15,16). The van der Waals surface area contributed by atoms with E-state index in [1.54, 1.807) is 6.92 Å². The van der Waals surface area contributed by atoms with Crippen molar-refractivity contribution in [1.29, 1.82) is 0 Å². The number of phosphoric ester groups is 1. The molecule has 0 bridgehead atoms. The first-order chi connectivity index (χ1) is 10.2. The Morgan fingerprint density at radius 3 is 2.27 bits per heavy atom. The van der Waals surface area contributed by atoms with Gasteiger partial charge < -0.3 is 14.3 Å². The largest absolute Gasteiger partial charge is 0.538 e. The lowest BCUT2D eigenvalue weighted by Gasteiger charge is -2.16. The molecule has 0 aromatic rings. The molecule has 1 unspecified atom stereocenters. The van der Waals surface area contributed by atoms with Crippen LogP contribution in [-0.2, 0) is 22.5 Å². The minimum atomic E-state index is -4.99. The summed E-state index contributed by atoms with van der Waals surface area (Å²) in [5.41, 5.74) is 0.610. The highest BCUT2D eigenvalue weighted by Crippen LogP contribution is 2.61. The Morgan fingerprint density at radius 2 is 1.73 bits per heavy atom. The molecule has 22 heavy (non-hydrogen) atoms. The summed E-state index contributed by atoms with van der Waals surface area (Å²) in [5.74, 6) is 0. The van der Waals surface area contributed by atoms with E-state index >= 15 is 0 Å². The van der Waals surface area contributed by atoms with Crippen LogP contribution in [0.4, 0.5) is 0 Å². The highest BCUT2D eigenvalue weighted by atomic mass is 31.3. The third kappa shape index (κ3) is 13.3. The topological polar surface area (TPSA) is 102 Å². The molecule has 130 valence electrons. The second-order valence-electron chi connectivity index (χ2n) is 4.87. The van der Waals surface area contributed by atoms with E-state index in [2.05, 4.69) is 17.8 Å². The van der Waals surface area contributed by atoms with Crippen molar-refractivity contribution in [3.05, 3.63) is 24.5 Å². The van der Waals surface area contributed by atoms with Gasteiger partial charge >= 0.3 is 15.6 Å². The summed E-state index contributed by atoms with van der Waals surface area (Å²) < 4.78 is 36.8. The van der Waals surface area contributed by atoms with Gasteiger partial charge in [0.2, 0.25) is 0 Å². The Labute approximate surface area is 132 Å². The maximum atomic E-state index is 12.1. The van der Waals surface area contributed by atoms with Gasteiger partial charge in [-0.2, -0.15) is 4.31 Å². The normalized spacial score (nSPS) is 14.9. The molecule has 0 saturated carbocycles. The molecule has 0 aliphatic heterocycles. The predicted molar refractivity (Wildman–Crippen MR) is 85.1 cm³/mol. The number of rotatable bonds is 13. The van der Waals surface area contributed by atoms with Crippen LogP contribution in [-0.4, -0.2) is 16.4 Å². The second-order valence-corrected chi connectivity index (χ2v) is 7.87. The first-order valence-electron chi connectivity index (χ1n) is 7.20.